The first-order valence-electron chi connectivity index (χ1n) is 9.40. The number of methoxy groups -OCH3 is 1. The Morgan fingerprint density at radius 3 is 2.54 bits per heavy atom. The Labute approximate surface area is 156 Å². The molecule has 0 unspecified atom stereocenters. The second-order valence-electron chi connectivity index (χ2n) is 7.25. The molecule has 1 aromatic carbocycles. The number of sulfonamides is 1. The summed E-state index contributed by atoms with van der Waals surface area (Å²) in [6.07, 6.45) is 6.73. The molecule has 26 heavy (non-hydrogen) atoms. The number of hydrogen-bond donors (Lipinski definition) is 1. The van der Waals surface area contributed by atoms with Crippen LogP contribution >= 0.6 is 0 Å². The predicted octanol–water partition coefficient (Wildman–Crippen LogP) is 2.61. The number of carbonyl (C=O) groups is 1. The van der Waals surface area contributed by atoms with Gasteiger partial charge in [0, 0.05) is 12.6 Å². The molecule has 2 fully saturated rings. The SMILES string of the molecule is COc1ccc(S(=O)(=O)N2CCC[C@H]2C(=O)NC2CCCCC2)c(C)c1. The summed E-state index contributed by atoms with van der Waals surface area (Å²) in [6.45, 7) is 2.14. The van der Waals surface area contributed by atoms with Crippen LogP contribution in [-0.2, 0) is 14.8 Å². The van der Waals surface area contributed by atoms with Crippen molar-refractivity contribution in [3.05, 3.63) is 23.8 Å². The maximum atomic E-state index is 13.2. The molecule has 6 nitrogen and oxygen atoms in total. The molecule has 1 saturated carbocycles. The summed E-state index contributed by atoms with van der Waals surface area (Å²) < 4.78 is 32.9. The third kappa shape index (κ3) is 3.88. The summed E-state index contributed by atoms with van der Waals surface area (Å²) in [7, 11) is -2.16. The average Bonchev–Trinajstić information content (AvgIpc) is 3.13. The van der Waals surface area contributed by atoms with Crippen molar-refractivity contribution >= 4 is 15.9 Å². The van der Waals surface area contributed by atoms with E-state index in [9.17, 15) is 13.2 Å². The van der Waals surface area contributed by atoms with E-state index >= 15 is 0 Å². The fourth-order valence-electron chi connectivity index (χ4n) is 4.00. The summed E-state index contributed by atoms with van der Waals surface area (Å²) in [5.74, 6) is 0.471. The smallest absolute Gasteiger partial charge is 0.244 e. The third-order valence-electron chi connectivity index (χ3n) is 5.43. The standard InChI is InChI=1S/C19H28N2O4S/c1-14-13-16(25-2)10-11-18(14)26(23,24)21-12-6-9-17(21)19(22)20-15-7-4-3-5-8-15/h10-11,13,15,17H,3-9,12H2,1-2H3,(H,20,22)/t17-/m0/s1. The third-order valence-corrected chi connectivity index (χ3v) is 7.50. The molecule has 2 aliphatic rings. The summed E-state index contributed by atoms with van der Waals surface area (Å²) >= 11 is 0. The van der Waals surface area contributed by atoms with Crippen LogP contribution in [-0.4, -0.2) is 44.4 Å². The van der Waals surface area contributed by atoms with E-state index in [-0.39, 0.29) is 16.8 Å². The Bertz CT molecular complexity index is 757. The maximum Gasteiger partial charge on any atom is 0.244 e. The number of nitrogens with zero attached hydrogens (tertiary/aromatic N) is 1. The first-order valence-corrected chi connectivity index (χ1v) is 10.8. The molecule has 1 N–H and O–H groups in total. The van der Waals surface area contributed by atoms with Gasteiger partial charge in [0.2, 0.25) is 15.9 Å². The van der Waals surface area contributed by atoms with Crippen LogP contribution in [0.3, 0.4) is 0 Å². The summed E-state index contributed by atoms with van der Waals surface area (Å²) in [4.78, 5) is 13.0. The number of hydrogen-bond acceptors (Lipinski definition) is 4. The van der Waals surface area contributed by atoms with E-state index in [1.165, 1.54) is 10.7 Å². The fraction of sp³-hybridized carbons (Fsp3) is 0.632. The van der Waals surface area contributed by atoms with Crippen molar-refractivity contribution < 1.29 is 17.9 Å². The van der Waals surface area contributed by atoms with E-state index in [0.717, 1.165) is 25.7 Å². The molecule has 1 saturated heterocycles. The molecule has 0 radical (unpaired) electrons. The lowest BCUT2D eigenvalue weighted by Gasteiger charge is -2.28. The summed E-state index contributed by atoms with van der Waals surface area (Å²) in [5.41, 5.74) is 0.627. The number of nitrogens with one attached hydrogen (secondary N) is 1. The molecular formula is C19H28N2O4S. The number of benzene rings is 1. The predicted molar refractivity (Wildman–Crippen MR) is 99.7 cm³/mol. The molecule has 7 heteroatoms. The van der Waals surface area contributed by atoms with Gasteiger partial charge in [-0.1, -0.05) is 19.3 Å². The summed E-state index contributed by atoms with van der Waals surface area (Å²) in [6, 6.07) is 4.50. The zero-order valence-electron chi connectivity index (χ0n) is 15.5. The van der Waals surface area contributed by atoms with Crippen molar-refractivity contribution in [3.63, 3.8) is 0 Å². The van der Waals surface area contributed by atoms with Crippen molar-refractivity contribution in [3.8, 4) is 5.75 Å². The fourth-order valence-corrected chi connectivity index (χ4v) is 5.86. The lowest BCUT2D eigenvalue weighted by molar-refractivity contribution is -0.125. The van der Waals surface area contributed by atoms with Gasteiger partial charge in [-0.2, -0.15) is 4.31 Å². The van der Waals surface area contributed by atoms with E-state index < -0.39 is 16.1 Å². The van der Waals surface area contributed by atoms with Crippen molar-refractivity contribution in [1.29, 1.82) is 0 Å². The van der Waals surface area contributed by atoms with Crippen molar-refractivity contribution in [2.24, 2.45) is 0 Å². The lowest BCUT2D eigenvalue weighted by atomic mass is 9.95. The molecule has 3 rings (SSSR count). The first kappa shape index (κ1) is 19.2. The molecule has 1 aliphatic heterocycles. The molecule has 0 aromatic heterocycles. The van der Waals surface area contributed by atoms with Gasteiger partial charge in [0.25, 0.3) is 0 Å². The van der Waals surface area contributed by atoms with Crippen molar-refractivity contribution in [2.45, 2.75) is 68.8 Å². The normalized spacial score (nSPS) is 22.3. The highest BCUT2D eigenvalue weighted by Crippen LogP contribution is 2.30. The zero-order chi connectivity index (χ0) is 18.7. The van der Waals surface area contributed by atoms with Gasteiger partial charge >= 0.3 is 0 Å². The molecule has 1 atom stereocenters. The van der Waals surface area contributed by atoms with Crippen LogP contribution in [0.5, 0.6) is 5.75 Å². The molecular weight excluding hydrogens is 352 g/mol. The number of carbonyl (C=O) groups excluding carboxylic acids is 1. The Kier molecular flexibility index (Phi) is 5.87. The van der Waals surface area contributed by atoms with Gasteiger partial charge in [-0.15, -0.1) is 0 Å². The van der Waals surface area contributed by atoms with E-state index in [1.807, 2.05) is 0 Å². The minimum absolute atomic E-state index is 0.149. The molecule has 1 aromatic rings. The monoisotopic (exact) mass is 380 g/mol. The second-order valence-corrected chi connectivity index (χ2v) is 9.11. The van der Waals surface area contributed by atoms with Crippen LogP contribution < -0.4 is 10.1 Å². The minimum Gasteiger partial charge on any atom is -0.497 e. The molecule has 144 valence electrons. The van der Waals surface area contributed by atoms with Crippen molar-refractivity contribution in [1.82, 2.24) is 9.62 Å². The Balaban J connectivity index is 1.78. The highest BCUT2D eigenvalue weighted by Gasteiger charge is 2.40. The van der Waals surface area contributed by atoms with Gasteiger partial charge in [-0.25, -0.2) is 8.42 Å². The zero-order valence-corrected chi connectivity index (χ0v) is 16.3. The second kappa shape index (κ2) is 7.96. The van der Waals surface area contributed by atoms with Crippen LogP contribution in [0.15, 0.2) is 23.1 Å². The van der Waals surface area contributed by atoms with Gasteiger partial charge in [0.15, 0.2) is 0 Å². The quantitative estimate of drug-likeness (QED) is 0.852. The van der Waals surface area contributed by atoms with Crippen LogP contribution in [0.4, 0.5) is 0 Å². The van der Waals surface area contributed by atoms with Gasteiger partial charge in [-0.3, -0.25) is 4.79 Å². The lowest BCUT2D eigenvalue weighted by Crippen LogP contribution is -2.49. The highest BCUT2D eigenvalue weighted by atomic mass is 32.2. The van der Waals surface area contributed by atoms with Gasteiger partial charge in [0.05, 0.1) is 12.0 Å². The number of aryl methyl sites for hydroxylation is 1. The Morgan fingerprint density at radius 1 is 1.15 bits per heavy atom. The van der Waals surface area contributed by atoms with Crippen LogP contribution in [0, 0.1) is 6.92 Å². The largest absolute Gasteiger partial charge is 0.497 e. The highest BCUT2D eigenvalue weighted by molar-refractivity contribution is 7.89. The van der Waals surface area contributed by atoms with Gasteiger partial charge < -0.3 is 10.1 Å². The van der Waals surface area contributed by atoms with E-state index in [1.54, 1.807) is 32.2 Å². The maximum absolute atomic E-state index is 13.2. The Morgan fingerprint density at radius 2 is 1.88 bits per heavy atom. The van der Waals surface area contributed by atoms with Crippen molar-refractivity contribution in [2.75, 3.05) is 13.7 Å². The average molecular weight is 381 g/mol. The first-order chi connectivity index (χ1) is 12.4. The molecule has 1 heterocycles. The summed E-state index contributed by atoms with van der Waals surface area (Å²) in [5, 5.41) is 3.08. The molecule has 0 spiro atoms. The topological polar surface area (TPSA) is 75.7 Å². The number of rotatable bonds is 5. The van der Waals surface area contributed by atoms with Crippen LogP contribution in [0.25, 0.3) is 0 Å². The molecule has 0 bridgehead atoms. The van der Waals surface area contributed by atoms with Crippen LogP contribution in [0.2, 0.25) is 0 Å². The molecule has 1 amide bonds. The number of ether oxygens (including phenoxy) is 1. The van der Waals surface area contributed by atoms with Gasteiger partial charge in [0.1, 0.15) is 11.8 Å². The van der Waals surface area contributed by atoms with E-state index in [0.29, 0.717) is 30.7 Å². The van der Waals surface area contributed by atoms with Gasteiger partial charge in [-0.05, 0) is 56.4 Å². The molecule has 1 aliphatic carbocycles. The number of amides is 1. The van der Waals surface area contributed by atoms with E-state index in [4.69, 9.17) is 4.74 Å². The van der Waals surface area contributed by atoms with E-state index in [2.05, 4.69) is 5.32 Å². The minimum atomic E-state index is -3.71. The van der Waals surface area contributed by atoms with Crippen LogP contribution in [0.1, 0.15) is 50.5 Å². The Hall–Kier alpha value is -1.60.